The number of halogens is 2. The van der Waals surface area contributed by atoms with Crippen LogP contribution in [0.1, 0.15) is 30.1 Å². The Morgan fingerprint density at radius 2 is 2.06 bits per heavy atom. The molecule has 0 bridgehead atoms. The minimum absolute atomic E-state index is 0.0525. The first-order valence-corrected chi connectivity index (χ1v) is 13.1. The van der Waals surface area contributed by atoms with Gasteiger partial charge in [0.25, 0.3) is 0 Å². The second-order valence-electron chi connectivity index (χ2n) is 8.49. The van der Waals surface area contributed by atoms with E-state index in [4.69, 9.17) is 28.2 Å². The predicted octanol–water partition coefficient (Wildman–Crippen LogP) is 3.29. The Labute approximate surface area is 201 Å². The topological polar surface area (TPSA) is 97.4 Å². The normalized spacial score (nSPS) is 21.6. The first-order valence-electron chi connectivity index (χ1n) is 10.5. The van der Waals surface area contributed by atoms with E-state index in [0.717, 1.165) is 42.2 Å². The quantitative estimate of drug-likeness (QED) is 0.568. The maximum absolute atomic E-state index is 11.8. The summed E-state index contributed by atoms with van der Waals surface area (Å²) in [6.07, 6.45) is 8.22. The van der Waals surface area contributed by atoms with Crippen LogP contribution in [0.15, 0.2) is 46.9 Å². The molecule has 0 fully saturated rings. The third kappa shape index (κ3) is 4.52. The molecule has 9 nitrogen and oxygen atoms in total. The third-order valence-corrected chi connectivity index (χ3v) is 7.12. The Kier molecular flexibility index (Phi) is 5.72. The summed E-state index contributed by atoms with van der Waals surface area (Å²) in [6, 6.07) is 3.51. The molecule has 0 amide bonds. The lowest BCUT2D eigenvalue weighted by Gasteiger charge is -2.29. The lowest BCUT2D eigenvalue weighted by Crippen LogP contribution is -2.34. The third-order valence-electron chi connectivity index (χ3n) is 5.93. The number of nitrogens with one attached hydrogen (secondary N) is 1. The first-order chi connectivity index (χ1) is 15.7. The van der Waals surface area contributed by atoms with Gasteiger partial charge in [0, 0.05) is 35.3 Å². The van der Waals surface area contributed by atoms with E-state index < -0.39 is 10.0 Å². The molecule has 2 unspecified atom stereocenters. The fourth-order valence-corrected chi connectivity index (χ4v) is 5.84. The molecule has 0 radical (unpaired) electrons. The molecule has 0 aromatic carbocycles. The fraction of sp³-hybridized carbons (Fsp3) is 0.381. The number of aromatic nitrogens is 5. The molecule has 2 atom stereocenters. The van der Waals surface area contributed by atoms with E-state index in [-0.39, 0.29) is 11.8 Å². The number of anilines is 1. The lowest BCUT2D eigenvalue weighted by atomic mass is 9.86. The van der Waals surface area contributed by atoms with Crippen LogP contribution in [-0.2, 0) is 29.7 Å². The van der Waals surface area contributed by atoms with Crippen molar-refractivity contribution in [3.05, 3.63) is 64.1 Å². The number of allylic oxidation sites excluding steroid dienone is 4. The average molecular weight is 508 g/mol. The van der Waals surface area contributed by atoms with E-state index in [1.807, 2.05) is 15.2 Å². The molecule has 1 aliphatic heterocycles. The van der Waals surface area contributed by atoms with Gasteiger partial charge < -0.3 is 4.40 Å². The maximum atomic E-state index is 11.8. The van der Waals surface area contributed by atoms with Gasteiger partial charge in [0.1, 0.15) is 17.8 Å². The summed E-state index contributed by atoms with van der Waals surface area (Å²) in [7, 11) is -3.42. The van der Waals surface area contributed by atoms with Crippen LogP contribution in [0.5, 0.6) is 0 Å². The van der Waals surface area contributed by atoms with E-state index in [0.29, 0.717) is 28.8 Å². The van der Waals surface area contributed by atoms with E-state index in [9.17, 15) is 8.42 Å². The predicted molar refractivity (Wildman–Crippen MR) is 128 cm³/mol. The van der Waals surface area contributed by atoms with Gasteiger partial charge in [-0.25, -0.2) is 23.1 Å². The summed E-state index contributed by atoms with van der Waals surface area (Å²) in [4.78, 5) is 11.6. The number of sulfonamides is 1. The highest BCUT2D eigenvalue weighted by atomic mass is 35.5. The van der Waals surface area contributed by atoms with Gasteiger partial charge in [-0.1, -0.05) is 36.2 Å². The Morgan fingerprint density at radius 3 is 2.82 bits per heavy atom. The van der Waals surface area contributed by atoms with Gasteiger partial charge >= 0.3 is 0 Å². The molecule has 33 heavy (non-hydrogen) atoms. The molecule has 4 heterocycles. The zero-order valence-electron chi connectivity index (χ0n) is 18.1. The van der Waals surface area contributed by atoms with Crippen LogP contribution in [-0.4, -0.2) is 50.3 Å². The molecule has 5 rings (SSSR count). The number of imidazole rings is 1. The van der Waals surface area contributed by atoms with Crippen molar-refractivity contribution < 1.29 is 8.42 Å². The highest BCUT2D eigenvalue weighted by Gasteiger charge is 2.31. The van der Waals surface area contributed by atoms with E-state index in [1.165, 1.54) is 0 Å². The summed E-state index contributed by atoms with van der Waals surface area (Å²) in [5.74, 6) is 0.815. The van der Waals surface area contributed by atoms with Gasteiger partial charge in [-0.05, 0) is 24.1 Å². The fourth-order valence-electron chi connectivity index (χ4n) is 4.50. The molecule has 3 aromatic rings. The van der Waals surface area contributed by atoms with Crippen LogP contribution in [0.4, 0.5) is 5.69 Å². The molecule has 1 N–H and O–H groups in total. The van der Waals surface area contributed by atoms with Crippen LogP contribution in [0.3, 0.4) is 0 Å². The lowest BCUT2D eigenvalue weighted by molar-refractivity contribution is 0.198. The summed E-state index contributed by atoms with van der Waals surface area (Å²) in [6.45, 7) is 4.87. The van der Waals surface area contributed by atoms with Gasteiger partial charge in [-0.15, -0.1) is 0 Å². The maximum Gasteiger partial charge on any atom is 0.229 e. The van der Waals surface area contributed by atoms with Gasteiger partial charge in [-0.2, -0.15) is 5.10 Å². The van der Waals surface area contributed by atoms with E-state index in [2.05, 4.69) is 26.6 Å². The minimum Gasteiger partial charge on any atom is -0.300 e. The first kappa shape index (κ1) is 22.4. The number of nitrogens with zero attached hydrogens (tertiary/aromatic N) is 6. The van der Waals surface area contributed by atoms with Crippen molar-refractivity contribution in [1.82, 2.24) is 29.0 Å². The number of hydrogen-bond acceptors (Lipinski definition) is 6. The van der Waals surface area contributed by atoms with E-state index >= 15 is 0 Å². The van der Waals surface area contributed by atoms with Crippen LogP contribution < -0.4 is 4.72 Å². The minimum atomic E-state index is -3.42. The monoisotopic (exact) mass is 507 g/mol. The average Bonchev–Trinajstić information content (AvgIpc) is 3.31. The molecule has 12 heteroatoms. The highest BCUT2D eigenvalue weighted by Crippen LogP contribution is 2.41. The second kappa shape index (κ2) is 8.43. The molecular formula is C21H23Cl2N7O2S. The summed E-state index contributed by atoms with van der Waals surface area (Å²) in [5, 5.41) is 5.50. The van der Waals surface area contributed by atoms with Gasteiger partial charge in [-0.3, -0.25) is 9.62 Å². The molecule has 0 saturated heterocycles. The Morgan fingerprint density at radius 1 is 1.24 bits per heavy atom. The van der Waals surface area contributed by atoms with Crippen LogP contribution in [0.2, 0.25) is 0 Å². The van der Waals surface area contributed by atoms with Crippen molar-refractivity contribution in [2.45, 2.75) is 32.5 Å². The summed E-state index contributed by atoms with van der Waals surface area (Å²) in [5.41, 5.74) is 2.99. The molecule has 0 saturated carbocycles. The van der Waals surface area contributed by atoms with Crippen molar-refractivity contribution in [2.24, 2.45) is 5.92 Å². The van der Waals surface area contributed by atoms with Gasteiger partial charge in [0.05, 0.1) is 36.4 Å². The molecule has 2 aliphatic rings. The van der Waals surface area contributed by atoms with Crippen molar-refractivity contribution in [3.8, 4) is 0 Å². The molecular weight excluding hydrogens is 485 g/mol. The Balaban J connectivity index is 1.59. The van der Waals surface area contributed by atoms with E-state index in [1.54, 1.807) is 30.7 Å². The zero-order valence-corrected chi connectivity index (χ0v) is 20.4. The van der Waals surface area contributed by atoms with Crippen molar-refractivity contribution in [3.63, 3.8) is 0 Å². The number of rotatable bonds is 5. The van der Waals surface area contributed by atoms with Crippen molar-refractivity contribution in [2.75, 3.05) is 17.5 Å². The van der Waals surface area contributed by atoms with Crippen LogP contribution >= 0.6 is 23.2 Å². The van der Waals surface area contributed by atoms with Crippen molar-refractivity contribution in [1.29, 1.82) is 0 Å². The molecule has 3 aromatic heterocycles. The van der Waals surface area contributed by atoms with Crippen molar-refractivity contribution >= 4 is 44.6 Å². The molecule has 1 aliphatic carbocycles. The summed E-state index contributed by atoms with van der Waals surface area (Å²) < 4.78 is 30.0. The molecule has 174 valence electrons. The smallest absolute Gasteiger partial charge is 0.229 e. The SMILES string of the molecule is CC1C=C(Cl)C=C(Cl)C1c1nc2ccc(NS(C)(=O)=O)cn2c1CN1CCn2ncnc2C1. The number of hydrogen-bond donors (Lipinski definition) is 1. The van der Waals surface area contributed by atoms with Crippen LogP contribution in [0.25, 0.3) is 5.65 Å². The Hall–Kier alpha value is -2.40. The Bertz CT molecular complexity index is 1390. The second-order valence-corrected chi connectivity index (χ2v) is 11.1. The number of fused-ring (bicyclic) bond motifs is 2. The highest BCUT2D eigenvalue weighted by molar-refractivity contribution is 7.92. The largest absolute Gasteiger partial charge is 0.300 e. The number of pyridine rings is 1. The zero-order chi connectivity index (χ0) is 23.3. The van der Waals surface area contributed by atoms with Gasteiger partial charge in [0.15, 0.2) is 0 Å². The molecule has 0 spiro atoms. The van der Waals surface area contributed by atoms with Crippen LogP contribution in [0, 0.1) is 5.92 Å². The summed E-state index contributed by atoms with van der Waals surface area (Å²) >= 11 is 12.9. The van der Waals surface area contributed by atoms with Gasteiger partial charge in [0.2, 0.25) is 10.0 Å². The standard InChI is InChI=1S/C21H23Cl2N7O2S/c1-13-7-14(22)8-16(23)20(13)21-17(10-28-5-6-30-19(11-28)24-12-25-30)29-9-15(27-33(2,31)32)3-4-18(29)26-21/h3-4,7-9,12-13,20,27H,5-6,10-11H2,1-2H3.